The maximum absolute atomic E-state index is 14.7. The van der Waals surface area contributed by atoms with Crippen molar-refractivity contribution in [2.24, 2.45) is 4.99 Å². The molecule has 2 heterocycles. The van der Waals surface area contributed by atoms with E-state index in [4.69, 9.17) is 11.6 Å². The molecular weight excluding hydrogens is 469 g/mol. The van der Waals surface area contributed by atoms with Crippen LogP contribution in [0.25, 0.3) is 22.3 Å². The summed E-state index contributed by atoms with van der Waals surface area (Å²) in [5.41, 5.74) is 2.25. The number of hydrogen-bond donors (Lipinski definition) is 1. The Kier molecular flexibility index (Phi) is 7.31. The van der Waals surface area contributed by atoms with E-state index >= 15 is 0 Å². The monoisotopic (exact) mass is 493 g/mol. The molecule has 1 N–H and O–H groups in total. The molecule has 1 aromatic heterocycles. The molecule has 4 rings (SSSR count). The third-order valence-electron chi connectivity index (χ3n) is 5.56. The average Bonchev–Trinajstić information content (AvgIpc) is 2.86. The first-order valence-electron chi connectivity index (χ1n) is 11.0. The molecular formula is C26H25ClFN5O2. The number of halogens is 2. The Hall–Kier alpha value is -3.91. The van der Waals surface area contributed by atoms with Gasteiger partial charge < -0.3 is 14.9 Å². The number of benzene rings is 2. The standard InChI is InChI=1S/C26H25ClFN5O2/c1-31(2)11-12-33(17-34)24-4-3-18(13-23(24)27)21-15-20(28)16-22(26(21)35)19-5-6-30-25(14-19)32-9-7-29-8-10-32/h3-7,11-17,35H,8-10H2,1-2H3/b12-11-. The van der Waals surface area contributed by atoms with E-state index < -0.39 is 5.82 Å². The van der Waals surface area contributed by atoms with Crippen LogP contribution in [0, 0.1) is 5.82 Å². The SMILES string of the molecule is CN(C)/C=C\N(C=O)c1ccc(-c2cc(F)cc(-c3ccnc(N4CC=NCC4)c3)c2O)cc1Cl. The van der Waals surface area contributed by atoms with Gasteiger partial charge in [-0.15, -0.1) is 0 Å². The number of pyridine rings is 1. The van der Waals surface area contributed by atoms with Crippen LogP contribution in [0.15, 0.2) is 66.1 Å². The van der Waals surface area contributed by atoms with Crippen molar-refractivity contribution in [3.05, 3.63) is 71.9 Å². The zero-order valence-corrected chi connectivity index (χ0v) is 20.2. The molecule has 0 saturated heterocycles. The van der Waals surface area contributed by atoms with Crippen LogP contribution in [0.3, 0.4) is 0 Å². The van der Waals surface area contributed by atoms with Crippen LogP contribution in [0.4, 0.5) is 15.9 Å². The number of anilines is 2. The van der Waals surface area contributed by atoms with Gasteiger partial charge in [-0.2, -0.15) is 0 Å². The van der Waals surface area contributed by atoms with E-state index in [1.165, 1.54) is 17.0 Å². The van der Waals surface area contributed by atoms with E-state index in [-0.39, 0.29) is 10.8 Å². The zero-order valence-electron chi connectivity index (χ0n) is 19.4. The highest BCUT2D eigenvalue weighted by Crippen LogP contribution is 2.41. The number of carbonyl (C=O) groups is 1. The number of rotatable bonds is 7. The quantitative estimate of drug-likeness (QED) is 0.479. The summed E-state index contributed by atoms with van der Waals surface area (Å²) in [6.07, 6.45) is 7.42. The predicted molar refractivity (Wildman–Crippen MR) is 139 cm³/mol. The minimum atomic E-state index is -0.500. The molecule has 1 aliphatic rings. The van der Waals surface area contributed by atoms with E-state index in [0.717, 1.165) is 12.4 Å². The Balaban J connectivity index is 1.71. The molecule has 0 radical (unpaired) electrons. The molecule has 7 nitrogen and oxygen atoms in total. The molecule has 0 aliphatic carbocycles. The molecule has 0 atom stereocenters. The number of aromatic hydroxyl groups is 1. The summed E-state index contributed by atoms with van der Waals surface area (Å²) in [5.74, 6) is 0.151. The Morgan fingerprint density at radius 1 is 1.09 bits per heavy atom. The summed E-state index contributed by atoms with van der Waals surface area (Å²) in [7, 11) is 3.67. The maximum Gasteiger partial charge on any atom is 0.218 e. The Morgan fingerprint density at radius 2 is 1.83 bits per heavy atom. The van der Waals surface area contributed by atoms with E-state index in [1.54, 1.807) is 47.8 Å². The van der Waals surface area contributed by atoms with Gasteiger partial charge in [0, 0.05) is 56.6 Å². The highest BCUT2D eigenvalue weighted by atomic mass is 35.5. The van der Waals surface area contributed by atoms with Crippen molar-refractivity contribution in [2.45, 2.75) is 0 Å². The van der Waals surface area contributed by atoms with Crippen LogP contribution in [0.5, 0.6) is 5.75 Å². The van der Waals surface area contributed by atoms with Gasteiger partial charge in [0.15, 0.2) is 0 Å². The van der Waals surface area contributed by atoms with Crippen LogP contribution >= 0.6 is 11.6 Å². The topological polar surface area (TPSA) is 72.3 Å². The van der Waals surface area contributed by atoms with Crippen LogP contribution in [-0.2, 0) is 4.79 Å². The average molecular weight is 494 g/mol. The molecule has 0 bridgehead atoms. The second-order valence-corrected chi connectivity index (χ2v) is 8.63. The van der Waals surface area contributed by atoms with Gasteiger partial charge in [0.25, 0.3) is 0 Å². The molecule has 35 heavy (non-hydrogen) atoms. The van der Waals surface area contributed by atoms with Gasteiger partial charge >= 0.3 is 0 Å². The highest BCUT2D eigenvalue weighted by Gasteiger charge is 2.18. The number of hydrogen-bond acceptors (Lipinski definition) is 6. The van der Waals surface area contributed by atoms with E-state index in [9.17, 15) is 14.3 Å². The number of aromatic nitrogens is 1. The molecule has 9 heteroatoms. The smallest absolute Gasteiger partial charge is 0.218 e. The summed E-state index contributed by atoms with van der Waals surface area (Å²) >= 11 is 6.48. The summed E-state index contributed by atoms with van der Waals surface area (Å²) in [4.78, 5) is 25.4. The van der Waals surface area contributed by atoms with Crippen molar-refractivity contribution in [1.29, 1.82) is 0 Å². The van der Waals surface area contributed by atoms with Crippen LogP contribution in [0.2, 0.25) is 5.02 Å². The van der Waals surface area contributed by atoms with E-state index in [2.05, 4.69) is 14.9 Å². The van der Waals surface area contributed by atoms with Crippen LogP contribution < -0.4 is 9.80 Å². The Labute approximate surface area is 208 Å². The van der Waals surface area contributed by atoms with Gasteiger partial charge in [-0.05, 0) is 47.5 Å². The minimum absolute atomic E-state index is 0.0766. The Bertz CT molecular complexity index is 1290. The summed E-state index contributed by atoms with van der Waals surface area (Å²) in [6.45, 7) is 2.06. The van der Waals surface area contributed by atoms with Crippen LogP contribution in [0.1, 0.15) is 0 Å². The molecule has 0 saturated carbocycles. The fraction of sp³-hybridized carbons (Fsp3) is 0.192. The normalized spacial score (nSPS) is 13.3. The Morgan fingerprint density at radius 3 is 2.46 bits per heavy atom. The second-order valence-electron chi connectivity index (χ2n) is 8.23. The molecule has 0 spiro atoms. The van der Waals surface area contributed by atoms with Gasteiger partial charge in [0.1, 0.15) is 17.4 Å². The van der Waals surface area contributed by atoms with Crippen molar-refractivity contribution in [1.82, 2.24) is 9.88 Å². The van der Waals surface area contributed by atoms with E-state index in [0.29, 0.717) is 47.4 Å². The van der Waals surface area contributed by atoms with Crippen molar-refractivity contribution in [3.8, 4) is 28.0 Å². The number of aliphatic imine (C=N–C) groups is 1. The van der Waals surface area contributed by atoms with Crippen molar-refractivity contribution < 1.29 is 14.3 Å². The van der Waals surface area contributed by atoms with Crippen molar-refractivity contribution in [3.63, 3.8) is 0 Å². The first-order chi connectivity index (χ1) is 16.9. The summed E-state index contributed by atoms with van der Waals surface area (Å²) in [6, 6.07) is 11.0. The lowest BCUT2D eigenvalue weighted by molar-refractivity contribution is -0.106. The summed E-state index contributed by atoms with van der Waals surface area (Å²) < 4.78 is 14.7. The lowest BCUT2D eigenvalue weighted by atomic mass is 9.97. The number of nitrogens with zero attached hydrogens (tertiary/aromatic N) is 5. The van der Waals surface area contributed by atoms with Crippen molar-refractivity contribution in [2.75, 3.05) is 43.5 Å². The van der Waals surface area contributed by atoms with Crippen molar-refractivity contribution >= 4 is 35.7 Å². The third-order valence-corrected chi connectivity index (χ3v) is 5.86. The second kappa shape index (κ2) is 10.6. The minimum Gasteiger partial charge on any atom is -0.507 e. The van der Waals surface area contributed by atoms with E-state index in [1.807, 2.05) is 26.4 Å². The lowest BCUT2D eigenvalue weighted by Crippen LogP contribution is -2.32. The number of phenolic OH excluding ortho intramolecular Hbond substituents is 1. The van der Waals surface area contributed by atoms with Gasteiger partial charge in [-0.25, -0.2) is 9.37 Å². The van der Waals surface area contributed by atoms with Gasteiger partial charge in [-0.3, -0.25) is 14.7 Å². The fourth-order valence-electron chi connectivity index (χ4n) is 3.78. The molecule has 1 amide bonds. The van der Waals surface area contributed by atoms with Crippen LogP contribution in [-0.4, -0.2) is 61.3 Å². The largest absolute Gasteiger partial charge is 0.507 e. The van der Waals surface area contributed by atoms with Gasteiger partial charge in [0.2, 0.25) is 6.41 Å². The zero-order chi connectivity index (χ0) is 24.9. The maximum atomic E-state index is 14.7. The molecule has 180 valence electrons. The molecule has 0 fully saturated rings. The summed E-state index contributed by atoms with van der Waals surface area (Å²) in [5, 5.41) is 11.4. The number of carbonyl (C=O) groups excluding carboxylic acids is 1. The van der Waals surface area contributed by atoms with Gasteiger partial charge in [-0.1, -0.05) is 17.7 Å². The number of amides is 1. The lowest BCUT2D eigenvalue weighted by Gasteiger charge is -2.24. The number of phenols is 1. The highest BCUT2D eigenvalue weighted by molar-refractivity contribution is 6.34. The molecule has 0 unspecified atom stereocenters. The first kappa shape index (κ1) is 24.2. The predicted octanol–water partition coefficient (Wildman–Crippen LogP) is 4.80. The van der Waals surface area contributed by atoms with Gasteiger partial charge in [0.05, 0.1) is 23.8 Å². The fourth-order valence-corrected chi connectivity index (χ4v) is 4.06. The third kappa shape index (κ3) is 5.44. The molecule has 2 aromatic carbocycles. The molecule has 1 aliphatic heterocycles. The molecule has 3 aromatic rings. The first-order valence-corrected chi connectivity index (χ1v) is 11.4.